The van der Waals surface area contributed by atoms with Gasteiger partial charge in [-0.3, -0.25) is 0 Å². The van der Waals surface area contributed by atoms with Crippen LogP contribution < -0.4 is 14.8 Å². The molecule has 6 heteroatoms. The molecule has 3 aromatic rings. The molecule has 1 aliphatic heterocycles. The van der Waals surface area contributed by atoms with Crippen LogP contribution in [0.1, 0.15) is 72.3 Å². The second-order valence-electron chi connectivity index (χ2n) is 10.2. The molecule has 0 bridgehead atoms. The summed E-state index contributed by atoms with van der Waals surface area (Å²) < 4.78 is 11.8. The first-order chi connectivity index (χ1) is 16.5. The molecule has 1 aliphatic rings. The maximum Gasteiger partial charge on any atom is 0.337 e. The van der Waals surface area contributed by atoms with Crippen molar-refractivity contribution in [2.75, 3.05) is 19.5 Å². The molecular weight excluding hydrogens is 506 g/mol. The van der Waals surface area contributed by atoms with Gasteiger partial charge >= 0.3 is 5.97 Å². The number of rotatable bonds is 5. The zero-order chi connectivity index (χ0) is 25.5. The highest BCUT2D eigenvalue weighted by atomic mass is 79.9. The molecule has 0 radical (unpaired) electrons. The molecular formula is C29H32BrNO4. The zero-order valence-corrected chi connectivity index (χ0v) is 22.6. The molecule has 3 aromatic carbocycles. The maximum absolute atomic E-state index is 12.2. The largest absolute Gasteiger partial charge is 0.493 e. The van der Waals surface area contributed by atoms with Crippen molar-refractivity contribution in [2.24, 2.45) is 5.92 Å². The van der Waals surface area contributed by atoms with Crippen LogP contribution in [0.5, 0.6) is 11.5 Å². The van der Waals surface area contributed by atoms with E-state index in [1.54, 1.807) is 20.3 Å². The van der Waals surface area contributed by atoms with Crippen molar-refractivity contribution >= 4 is 27.6 Å². The Morgan fingerprint density at radius 3 is 2.14 bits per heavy atom. The predicted molar refractivity (Wildman–Crippen MR) is 143 cm³/mol. The van der Waals surface area contributed by atoms with E-state index in [2.05, 4.69) is 73.2 Å². The number of nitrogens with one attached hydrogen (secondary N) is 1. The van der Waals surface area contributed by atoms with Gasteiger partial charge in [0.05, 0.1) is 31.5 Å². The van der Waals surface area contributed by atoms with Crippen molar-refractivity contribution in [3.8, 4) is 11.5 Å². The minimum atomic E-state index is -0.961. The number of carboxylic acid groups (broad SMARTS) is 1. The summed E-state index contributed by atoms with van der Waals surface area (Å²) in [6.07, 6.45) is 0. The Bertz CT molecular complexity index is 1250. The van der Waals surface area contributed by atoms with Gasteiger partial charge in [0.15, 0.2) is 11.5 Å². The van der Waals surface area contributed by atoms with E-state index in [1.165, 1.54) is 5.56 Å². The molecule has 5 nitrogen and oxygen atoms in total. The first-order valence-corrected chi connectivity index (χ1v) is 12.5. The monoisotopic (exact) mass is 537 g/mol. The van der Waals surface area contributed by atoms with Gasteiger partial charge in [-0.05, 0) is 57.9 Å². The van der Waals surface area contributed by atoms with E-state index in [0.717, 1.165) is 21.2 Å². The smallest absolute Gasteiger partial charge is 0.337 e. The predicted octanol–water partition coefficient (Wildman–Crippen LogP) is 7.40. The summed E-state index contributed by atoms with van der Waals surface area (Å²) in [4.78, 5) is 12.2. The Hall–Kier alpha value is -2.99. The second-order valence-corrected chi connectivity index (χ2v) is 11.1. The minimum Gasteiger partial charge on any atom is -0.493 e. The topological polar surface area (TPSA) is 67.8 Å². The lowest BCUT2D eigenvalue weighted by atomic mass is 9.72. The number of anilines is 1. The van der Waals surface area contributed by atoms with Crippen molar-refractivity contribution in [3.63, 3.8) is 0 Å². The second kappa shape index (κ2) is 9.57. The van der Waals surface area contributed by atoms with Gasteiger partial charge in [-0.25, -0.2) is 4.79 Å². The number of hydrogen-bond donors (Lipinski definition) is 2. The number of carboxylic acids is 1. The minimum absolute atomic E-state index is 0.0572. The number of hydrogen-bond acceptors (Lipinski definition) is 4. The molecule has 0 amide bonds. The van der Waals surface area contributed by atoms with Gasteiger partial charge in [0.25, 0.3) is 0 Å². The normalized spacial score (nSPS) is 19.5. The lowest BCUT2D eigenvalue weighted by molar-refractivity contribution is 0.0697. The Morgan fingerprint density at radius 1 is 0.943 bits per heavy atom. The van der Waals surface area contributed by atoms with E-state index in [-0.39, 0.29) is 28.9 Å². The molecule has 4 rings (SSSR count). The molecule has 1 heterocycles. The Balaban J connectivity index is 1.89. The van der Waals surface area contributed by atoms with Crippen LogP contribution in [0.4, 0.5) is 5.69 Å². The molecule has 35 heavy (non-hydrogen) atoms. The Labute approximate surface area is 215 Å². The number of benzene rings is 3. The first-order valence-electron chi connectivity index (χ1n) is 11.7. The lowest BCUT2D eigenvalue weighted by Gasteiger charge is -2.40. The Kier molecular flexibility index (Phi) is 6.87. The van der Waals surface area contributed by atoms with Gasteiger partial charge in [0, 0.05) is 10.4 Å². The van der Waals surface area contributed by atoms with E-state index in [1.807, 2.05) is 24.3 Å². The molecule has 0 aromatic heterocycles. The Morgan fingerprint density at radius 2 is 1.57 bits per heavy atom. The van der Waals surface area contributed by atoms with Crippen LogP contribution >= 0.6 is 15.9 Å². The third kappa shape index (κ3) is 4.76. The van der Waals surface area contributed by atoms with E-state index in [0.29, 0.717) is 17.2 Å². The first kappa shape index (κ1) is 25.1. The number of halogens is 1. The number of methoxy groups -OCH3 is 2. The van der Waals surface area contributed by atoms with Crippen molar-refractivity contribution in [3.05, 3.63) is 86.9 Å². The molecule has 0 unspecified atom stereocenters. The van der Waals surface area contributed by atoms with Gasteiger partial charge in [-0.1, -0.05) is 74.0 Å². The molecule has 0 fully saturated rings. The van der Waals surface area contributed by atoms with Gasteiger partial charge in [0.2, 0.25) is 0 Å². The summed E-state index contributed by atoms with van der Waals surface area (Å²) in [7, 11) is 3.24. The van der Waals surface area contributed by atoms with Gasteiger partial charge in [-0.15, -0.1) is 0 Å². The molecule has 2 N–H and O–H groups in total. The fraction of sp³-hybridized carbons (Fsp3) is 0.345. The van der Waals surface area contributed by atoms with Crippen molar-refractivity contribution in [1.82, 2.24) is 0 Å². The summed E-state index contributed by atoms with van der Waals surface area (Å²) in [6.45, 7) is 8.80. The average molecular weight is 538 g/mol. The average Bonchev–Trinajstić information content (AvgIpc) is 2.82. The number of ether oxygens (including phenoxy) is 2. The fourth-order valence-electron chi connectivity index (χ4n) is 5.07. The van der Waals surface area contributed by atoms with Crippen molar-refractivity contribution in [2.45, 2.75) is 45.1 Å². The van der Waals surface area contributed by atoms with E-state index in [9.17, 15) is 9.90 Å². The molecule has 3 atom stereocenters. The number of carbonyl (C=O) groups is 1. The highest BCUT2D eigenvalue weighted by molar-refractivity contribution is 9.10. The lowest BCUT2D eigenvalue weighted by Crippen LogP contribution is -2.32. The summed E-state index contributed by atoms with van der Waals surface area (Å²) >= 11 is 3.53. The molecule has 0 saturated heterocycles. The van der Waals surface area contributed by atoms with Gasteiger partial charge < -0.3 is 19.9 Å². The van der Waals surface area contributed by atoms with E-state index in [4.69, 9.17) is 9.47 Å². The molecule has 0 saturated carbocycles. The quantitative estimate of drug-likeness (QED) is 0.355. The summed E-state index contributed by atoms with van der Waals surface area (Å²) in [5.74, 6) is 0.410. The van der Waals surface area contributed by atoms with Gasteiger partial charge in [-0.2, -0.15) is 0 Å². The number of aromatic carboxylic acids is 1. The third-order valence-corrected chi connectivity index (χ3v) is 7.41. The van der Waals surface area contributed by atoms with Crippen LogP contribution in [0.2, 0.25) is 0 Å². The molecule has 184 valence electrons. The summed E-state index contributed by atoms with van der Waals surface area (Å²) in [5.41, 5.74) is 5.34. The van der Waals surface area contributed by atoms with E-state index < -0.39 is 5.97 Å². The SMILES string of the molecule is COc1ccc([C@@H]2c3cc(Br)cc(C(=O)O)c3N[C@@H](c3ccc(C(C)(C)C)cc3)[C@@H]2C)cc1OC. The molecule has 0 aliphatic carbocycles. The highest BCUT2D eigenvalue weighted by Gasteiger charge is 2.38. The van der Waals surface area contributed by atoms with Crippen LogP contribution in [0.25, 0.3) is 0 Å². The number of fused-ring (bicyclic) bond motifs is 1. The van der Waals surface area contributed by atoms with Crippen LogP contribution in [-0.2, 0) is 5.41 Å². The van der Waals surface area contributed by atoms with Crippen LogP contribution in [0.3, 0.4) is 0 Å². The standard InChI is InChI=1S/C29H32BrNO4/c1-16-25(18-9-12-23(34-5)24(13-18)35-6)21-14-20(30)15-22(28(32)33)27(21)31-26(16)17-7-10-19(11-8-17)29(2,3)4/h7-16,25-26,31H,1-6H3,(H,32,33)/t16-,25-,26-/m1/s1. The van der Waals surface area contributed by atoms with Crippen molar-refractivity contribution in [1.29, 1.82) is 0 Å². The molecule has 0 spiro atoms. The summed E-state index contributed by atoms with van der Waals surface area (Å²) in [6, 6.07) is 18.2. The third-order valence-electron chi connectivity index (χ3n) is 6.95. The maximum atomic E-state index is 12.2. The highest BCUT2D eigenvalue weighted by Crippen LogP contribution is 2.50. The van der Waals surface area contributed by atoms with Crippen LogP contribution in [0, 0.1) is 5.92 Å². The fourth-order valence-corrected chi connectivity index (χ4v) is 5.55. The summed E-state index contributed by atoms with van der Waals surface area (Å²) in [5, 5.41) is 13.6. The van der Waals surface area contributed by atoms with Crippen LogP contribution in [0.15, 0.2) is 59.1 Å². The van der Waals surface area contributed by atoms with Gasteiger partial charge in [0.1, 0.15) is 0 Å². The van der Waals surface area contributed by atoms with Crippen molar-refractivity contribution < 1.29 is 19.4 Å². The van der Waals surface area contributed by atoms with E-state index >= 15 is 0 Å². The zero-order valence-electron chi connectivity index (χ0n) is 21.0. The van der Waals surface area contributed by atoms with Crippen LogP contribution in [-0.4, -0.2) is 25.3 Å².